The van der Waals surface area contributed by atoms with Crippen LogP contribution in [-0.2, 0) is 19.9 Å². The molecule has 13 heteroatoms. The highest BCUT2D eigenvalue weighted by atomic mass is 16.6. The fraction of sp³-hybridized carbons (Fsp3) is 0.314. The minimum absolute atomic E-state index is 0.0131. The molecule has 3 atom stereocenters. The number of rotatable bonds is 20. The van der Waals surface area contributed by atoms with Crippen molar-refractivity contribution < 1.29 is 38.9 Å². The lowest BCUT2D eigenvalue weighted by molar-refractivity contribution is -0.384. The van der Waals surface area contributed by atoms with Crippen LogP contribution in [0.4, 0.5) is 5.69 Å². The first-order chi connectivity index (χ1) is 30.7. The van der Waals surface area contributed by atoms with Crippen LogP contribution in [0.5, 0.6) is 11.5 Å². The maximum Gasteiger partial charge on any atom is 0.336 e. The zero-order valence-electron chi connectivity index (χ0n) is 37.1. The van der Waals surface area contributed by atoms with Gasteiger partial charge in [0.25, 0.3) is 5.69 Å². The molecule has 5 aromatic rings. The molecule has 13 nitrogen and oxygen atoms in total. The third-order valence-corrected chi connectivity index (χ3v) is 11.6. The Morgan fingerprint density at radius 1 is 0.844 bits per heavy atom. The lowest BCUT2D eigenvalue weighted by atomic mass is 9.73. The number of carboxylic acid groups (broad SMARTS) is 1. The predicted molar refractivity (Wildman–Crippen MR) is 246 cm³/mol. The lowest BCUT2D eigenvalue weighted by Crippen LogP contribution is -2.63. The topological polar surface area (TPSA) is 164 Å². The summed E-state index contributed by atoms with van der Waals surface area (Å²) in [7, 11) is 3.46. The Labute approximate surface area is 374 Å². The molecule has 1 heterocycles. The van der Waals surface area contributed by atoms with Gasteiger partial charge in [-0.05, 0) is 69.1 Å². The van der Waals surface area contributed by atoms with Crippen LogP contribution < -0.4 is 9.47 Å². The molecule has 0 aromatic heterocycles. The quantitative estimate of drug-likeness (QED) is 0.0336. The summed E-state index contributed by atoms with van der Waals surface area (Å²) in [5.74, 6) is -3.35. The second-order valence-corrected chi connectivity index (χ2v) is 16.5. The average Bonchev–Trinajstić information content (AvgIpc) is 3.28. The Bertz CT molecular complexity index is 2360. The number of nitrogens with zero attached hydrogens (tertiary/aromatic N) is 4. The molecule has 2 N–H and O–H groups in total. The summed E-state index contributed by atoms with van der Waals surface area (Å²) in [4.78, 5) is 47.4. The van der Waals surface area contributed by atoms with E-state index in [2.05, 4.69) is 55.1 Å². The number of nitro groups is 1. The Morgan fingerprint density at radius 3 is 1.91 bits per heavy atom. The summed E-state index contributed by atoms with van der Waals surface area (Å²) in [6.07, 6.45) is -1.02. The highest BCUT2D eigenvalue weighted by Crippen LogP contribution is 2.47. The smallest absolute Gasteiger partial charge is 0.336 e. The van der Waals surface area contributed by atoms with Crippen molar-refractivity contribution in [2.45, 2.75) is 50.8 Å². The number of aliphatic hydroxyl groups excluding tert-OH is 1. The summed E-state index contributed by atoms with van der Waals surface area (Å²) < 4.78 is 17.3. The van der Waals surface area contributed by atoms with Crippen LogP contribution in [0.3, 0.4) is 0 Å². The first kappa shape index (κ1) is 46.8. The van der Waals surface area contributed by atoms with Crippen molar-refractivity contribution in [1.29, 1.82) is 0 Å². The summed E-state index contributed by atoms with van der Waals surface area (Å²) >= 11 is 0. The molecule has 0 bridgehead atoms. The van der Waals surface area contributed by atoms with E-state index in [0.29, 0.717) is 23.7 Å². The molecule has 0 fully saturated rings. The number of esters is 1. The van der Waals surface area contributed by atoms with Crippen molar-refractivity contribution >= 4 is 23.3 Å². The summed E-state index contributed by atoms with van der Waals surface area (Å²) in [5, 5.41) is 34.6. The zero-order valence-corrected chi connectivity index (χ0v) is 37.1. The highest BCUT2D eigenvalue weighted by Gasteiger charge is 2.49. The molecule has 64 heavy (non-hydrogen) atoms. The molecule has 0 radical (unpaired) electrons. The number of carbonyl (C=O) groups is 2. The number of aliphatic imine (C=N–C) groups is 1. The van der Waals surface area contributed by atoms with Gasteiger partial charge >= 0.3 is 11.9 Å². The summed E-state index contributed by atoms with van der Waals surface area (Å²) in [6.45, 7) is 7.95. The fourth-order valence-electron chi connectivity index (χ4n) is 9.10. The van der Waals surface area contributed by atoms with Crippen LogP contribution in [0.1, 0.15) is 55.9 Å². The number of non-ortho nitro benzene ring substituents is 1. The molecule has 3 unspecified atom stereocenters. The van der Waals surface area contributed by atoms with E-state index >= 15 is 0 Å². The number of carbonyl (C=O) groups excluding carboxylic acids is 1. The molecular weight excluding hydrogens is 813 g/mol. The van der Waals surface area contributed by atoms with Crippen molar-refractivity contribution in [2.24, 2.45) is 10.9 Å². The fourth-order valence-corrected chi connectivity index (χ4v) is 9.10. The Balaban J connectivity index is 1.48. The molecule has 1 aliphatic rings. The molecule has 0 spiro atoms. The zero-order chi connectivity index (χ0) is 46.0. The number of para-hydroxylation sites is 2. The highest BCUT2D eigenvalue weighted by molar-refractivity contribution is 6.06. The standard InChI is InChI=1S/C51H56N4O9/c1-7-63-49(59)47-42(52-35(2)45(48(57)58)46(47)36-20-19-27-40(30-36)55(60)61)32-53(5)34-50(3,4)54(31-41(56)33-64-44-29-18-17-28-43(44)62-6)51(37-21-11-8-12-22-37,38-23-13-9-14-24-38)39-25-15-10-16-26-39/h8-30,41,45-46,56H,7,31-34H2,1-6H3,(H,57,58). The van der Waals surface area contributed by atoms with Crippen molar-refractivity contribution in [3.8, 4) is 11.5 Å². The van der Waals surface area contributed by atoms with Crippen LogP contribution in [0.25, 0.3) is 0 Å². The minimum Gasteiger partial charge on any atom is -0.493 e. The third-order valence-electron chi connectivity index (χ3n) is 11.6. The van der Waals surface area contributed by atoms with E-state index in [1.807, 2.05) is 78.7 Å². The van der Waals surface area contributed by atoms with Crippen LogP contribution in [0, 0.1) is 16.0 Å². The number of carboxylic acids is 1. The molecule has 334 valence electrons. The van der Waals surface area contributed by atoms with Crippen LogP contribution in [-0.4, -0.2) is 101 Å². The molecule has 1 aliphatic heterocycles. The number of hydrogen-bond donors (Lipinski definition) is 2. The molecule has 6 rings (SSSR count). The number of ether oxygens (including phenoxy) is 3. The molecule has 0 saturated heterocycles. The monoisotopic (exact) mass is 868 g/mol. The van der Waals surface area contributed by atoms with Gasteiger partial charge in [0, 0.05) is 48.9 Å². The first-order valence-electron chi connectivity index (χ1n) is 21.2. The summed E-state index contributed by atoms with van der Waals surface area (Å²) in [6, 6.07) is 43.5. The van der Waals surface area contributed by atoms with Gasteiger partial charge in [0.1, 0.15) is 18.6 Å². The minimum atomic E-state index is -1.29. The maximum absolute atomic E-state index is 14.0. The van der Waals surface area contributed by atoms with E-state index < -0.39 is 45.9 Å². The number of aliphatic carboxylic acids is 1. The van der Waals surface area contributed by atoms with Gasteiger partial charge in [-0.15, -0.1) is 0 Å². The predicted octanol–water partition coefficient (Wildman–Crippen LogP) is 8.12. The second-order valence-electron chi connectivity index (χ2n) is 16.5. The van der Waals surface area contributed by atoms with Gasteiger partial charge in [0.2, 0.25) is 0 Å². The number of hydrogen-bond acceptors (Lipinski definition) is 11. The van der Waals surface area contributed by atoms with Crippen molar-refractivity contribution in [1.82, 2.24) is 9.80 Å². The van der Waals surface area contributed by atoms with E-state index in [0.717, 1.165) is 16.7 Å². The molecule has 0 amide bonds. The van der Waals surface area contributed by atoms with Crippen LogP contribution in [0.15, 0.2) is 156 Å². The number of β-amino-alcohol motifs (C(OH)–C–C–N with tert-alkyl or cyclic N) is 1. The number of aliphatic hydroxyl groups is 1. The molecule has 0 saturated carbocycles. The number of nitro benzene ring substituents is 1. The van der Waals surface area contributed by atoms with E-state index in [4.69, 9.17) is 19.2 Å². The Kier molecular flexibility index (Phi) is 15.1. The largest absolute Gasteiger partial charge is 0.493 e. The SMILES string of the molecule is CCOC(=O)C1=C(CN(C)CC(C)(C)N(CC(O)COc2ccccc2OC)C(c2ccccc2)(c2ccccc2)c2ccccc2)N=C(C)C(C(=O)O)C1c1cccc([N+](=O)[O-])c1. The number of benzene rings is 5. The van der Waals surface area contributed by atoms with Crippen LogP contribution in [0.2, 0.25) is 0 Å². The second kappa shape index (κ2) is 20.7. The van der Waals surface area contributed by atoms with Crippen molar-refractivity contribution in [3.63, 3.8) is 0 Å². The lowest BCUT2D eigenvalue weighted by Gasteiger charge is -2.54. The van der Waals surface area contributed by atoms with Gasteiger partial charge in [-0.1, -0.05) is 115 Å². The molecule has 5 aromatic carbocycles. The van der Waals surface area contributed by atoms with Gasteiger partial charge < -0.3 is 24.4 Å². The molecule has 0 aliphatic carbocycles. The van der Waals surface area contributed by atoms with Crippen LogP contribution >= 0.6 is 0 Å². The first-order valence-corrected chi connectivity index (χ1v) is 21.2. The van der Waals surface area contributed by atoms with E-state index in [1.54, 1.807) is 39.2 Å². The van der Waals surface area contributed by atoms with Crippen molar-refractivity contribution in [3.05, 3.63) is 183 Å². The van der Waals surface area contributed by atoms with Gasteiger partial charge in [0.15, 0.2) is 11.5 Å². The number of likely N-dealkylation sites (N-methyl/N-ethyl adjacent to an activating group) is 1. The van der Waals surface area contributed by atoms with E-state index in [-0.39, 0.29) is 48.8 Å². The van der Waals surface area contributed by atoms with Gasteiger partial charge in [0.05, 0.1) is 35.4 Å². The number of methoxy groups -OCH3 is 1. The van der Waals surface area contributed by atoms with E-state index in [1.165, 1.54) is 18.2 Å². The van der Waals surface area contributed by atoms with E-state index in [9.17, 15) is 29.9 Å². The average molecular weight is 869 g/mol. The Morgan fingerprint density at radius 2 is 1.39 bits per heavy atom. The van der Waals surface area contributed by atoms with Gasteiger partial charge in [-0.25, -0.2) is 4.79 Å². The van der Waals surface area contributed by atoms with Gasteiger partial charge in [-0.3, -0.25) is 29.7 Å². The maximum atomic E-state index is 14.0. The van der Waals surface area contributed by atoms with Crippen molar-refractivity contribution in [2.75, 3.05) is 47.0 Å². The Hall–Kier alpha value is -6.67. The molecular formula is C51H56N4O9. The van der Waals surface area contributed by atoms with Gasteiger partial charge in [-0.2, -0.15) is 0 Å². The third kappa shape index (κ3) is 10.1. The normalized spacial score (nSPS) is 16.0. The summed E-state index contributed by atoms with van der Waals surface area (Å²) in [5.41, 5.74) is 1.68.